The molecule has 0 unspecified atom stereocenters. The molecule has 0 aliphatic carbocycles. The molecule has 0 saturated carbocycles. The Hall–Kier alpha value is -1.75. The Morgan fingerprint density at radius 1 is 1.04 bits per heavy atom. The van der Waals surface area contributed by atoms with Crippen molar-refractivity contribution in [2.45, 2.75) is 6.92 Å². The maximum Gasteiger partial charge on any atom is 0.187 e. The zero-order valence-electron chi connectivity index (χ0n) is 12.6. The van der Waals surface area contributed by atoms with Gasteiger partial charge in [-0.2, -0.15) is 0 Å². The minimum Gasteiger partial charge on any atom is -0.497 e. The summed E-state index contributed by atoms with van der Waals surface area (Å²) >= 11 is 13.7. The number of thiazole rings is 1. The molecule has 0 saturated heterocycles. The van der Waals surface area contributed by atoms with E-state index in [9.17, 15) is 0 Å². The zero-order chi connectivity index (χ0) is 16.4. The molecule has 0 aliphatic rings. The second-order valence-electron chi connectivity index (χ2n) is 4.91. The summed E-state index contributed by atoms with van der Waals surface area (Å²) in [6.07, 6.45) is 0. The predicted molar refractivity (Wildman–Crippen MR) is 98.6 cm³/mol. The molecule has 2 aromatic carbocycles. The van der Waals surface area contributed by atoms with Gasteiger partial charge in [0.05, 0.1) is 22.8 Å². The number of benzene rings is 2. The first kappa shape index (κ1) is 16.1. The van der Waals surface area contributed by atoms with Crippen LogP contribution in [-0.4, -0.2) is 12.1 Å². The molecular weight excluding hydrogens is 351 g/mol. The summed E-state index contributed by atoms with van der Waals surface area (Å²) in [4.78, 5) is 5.77. The van der Waals surface area contributed by atoms with Gasteiger partial charge in [-0.15, -0.1) is 11.3 Å². The Morgan fingerprint density at radius 3 is 2.43 bits per heavy atom. The number of aryl methyl sites for hydroxylation is 1. The van der Waals surface area contributed by atoms with E-state index in [4.69, 9.17) is 27.9 Å². The number of aromatic nitrogens is 1. The van der Waals surface area contributed by atoms with Gasteiger partial charge in [-0.1, -0.05) is 29.3 Å². The molecule has 3 nitrogen and oxygen atoms in total. The van der Waals surface area contributed by atoms with Crippen molar-refractivity contribution in [3.05, 3.63) is 57.4 Å². The lowest BCUT2D eigenvalue weighted by Crippen LogP contribution is -1.90. The molecule has 1 aromatic heterocycles. The van der Waals surface area contributed by atoms with Crippen LogP contribution >= 0.6 is 34.5 Å². The number of rotatable bonds is 4. The summed E-state index contributed by atoms with van der Waals surface area (Å²) < 4.78 is 5.16. The number of anilines is 2. The topological polar surface area (TPSA) is 34.1 Å². The van der Waals surface area contributed by atoms with Crippen molar-refractivity contribution in [1.82, 2.24) is 4.98 Å². The number of ether oxygens (including phenoxy) is 1. The average molecular weight is 365 g/mol. The first-order valence-electron chi connectivity index (χ1n) is 6.91. The first-order chi connectivity index (χ1) is 11.1. The Bertz CT molecular complexity index is 831. The molecule has 3 rings (SSSR count). The number of halogens is 2. The van der Waals surface area contributed by atoms with Gasteiger partial charge in [-0.05, 0) is 43.3 Å². The van der Waals surface area contributed by atoms with Crippen LogP contribution in [0.3, 0.4) is 0 Å². The largest absolute Gasteiger partial charge is 0.497 e. The third kappa shape index (κ3) is 3.61. The molecule has 1 heterocycles. The molecule has 0 atom stereocenters. The quantitative estimate of drug-likeness (QED) is 0.600. The van der Waals surface area contributed by atoms with Gasteiger partial charge in [-0.3, -0.25) is 0 Å². The lowest BCUT2D eigenvalue weighted by molar-refractivity contribution is 0.415. The summed E-state index contributed by atoms with van der Waals surface area (Å²) in [5, 5.41) is 5.20. The highest BCUT2D eigenvalue weighted by atomic mass is 35.5. The average Bonchev–Trinajstić information content (AvgIpc) is 2.91. The predicted octanol–water partition coefficient (Wildman–Crippen LogP) is 6.18. The molecule has 3 aromatic rings. The fourth-order valence-electron chi connectivity index (χ4n) is 2.16. The van der Waals surface area contributed by atoms with E-state index in [2.05, 4.69) is 10.3 Å². The van der Waals surface area contributed by atoms with Gasteiger partial charge in [-0.25, -0.2) is 4.98 Å². The van der Waals surface area contributed by atoms with Crippen molar-refractivity contribution in [2.75, 3.05) is 12.4 Å². The minimum absolute atomic E-state index is 0.529. The Balaban J connectivity index is 1.86. The summed E-state index contributed by atoms with van der Waals surface area (Å²) in [6.45, 7) is 2.04. The van der Waals surface area contributed by atoms with E-state index in [1.807, 2.05) is 43.3 Å². The minimum atomic E-state index is 0.529. The molecule has 0 amide bonds. The molecule has 118 valence electrons. The highest BCUT2D eigenvalue weighted by Gasteiger charge is 2.11. The van der Waals surface area contributed by atoms with E-state index >= 15 is 0 Å². The van der Waals surface area contributed by atoms with Crippen LogP contribution < -0.4 is 10.1 Å². The van der Waals surface area contributed by atoms with Gasteiger partial charge in [0.25, 0.3) is 0 Å². The van der Waals surface area contributed by atoms with E-state index in [1.165, 1.54) is 0 Å². The normalized spacial score (nSPS) is 10.6. The number of hydrogen-bond acceptors (Lipinski definition) is 4. The van der Waals surface area contributed by atoms with Crippen molar-refractivity contribution < 1.29 is 4.74 Å². The molecule has 0 radical (unpaired) electrons. The summed E-state index contributed by atoms with van der Waals surface area (Å²) in [5.74, 6) is 0.822. The van der Waals surface area contributed by atoms with Crippen LogP contribution in [0.15, 0.2) is 42.5 Å². The lowest BCUT2D eigenvalue weighted by atomic mass is 10.1. The maximum atomic E-state index is 6.10. The van der Waals surface area contributed by atoms with Crippen LogP contribution in [0.1, 0.15) is 4.88 Å². The SMILES string of the molecule is COc1ccc(Nc2nc(-c3ccc(Cl)c(Cl)c3)c(C)s2)cc1. The summed E-state index contributed by atoms with van der Waals surface area (Å²) in [5.41, 5.74) is 2.82. The molecule has 0 aliphatic heterocycles. The van der Waals surface area contributed by atoms with Gasteiger partial charge >= 0.3 is 0 Å². The first-order valence-corrected chi connectivity index (χ1v) is 8.48. The van der Waals surface area contributed by atoms with Crippen molar-refractivity contribution >= 4 is 45.4 Å². The van der Waals surface area contributed by atoms with Crippen LogP contribution in [0.4, 0.5) is 10.8 Å². The van der Waals surface area contributed by atoms with Gasteiger partial charge in [0.1, 0.15) is 5.75 Å². The lowest BCUT2D eigenvalue weighted by Gasteiger charge is -2.04. The molecule has 23 heavy (non-hydrogen) atoms. The standard InChI is InChI=1S/C17H14Cl2N2OS/c1-10-16(11-3-8-14(18)15(19)9-11)21-17(23-10)20-12-4-6-13(22-2)7-5-12/h3-9H,1-2H3,(H,20,21). The molecule has 1 N–H and O–H groups in total. The number of nitrogens with one attached hydrogen (secondary N) is 1. The van der Waals surface area contributed by atoms with Crippen LogP contribution in [-0.2, 0) is 0 Å². The van der Waals surface area contributed by atoms with Gasteiger partial charge in [0, 0.05) is 16.1 Å². The fraction of sp³-hybridized carbons (Fsp3) is 0.118. The van der Waals surface area contributed by atoms with Gasteiger partial charge in [0.15, 0.2) is 5.13 Å². The van der Waals surface area contributed by atoms with Gasteiger partial charge < -0.3 is 10.1 Å². The Labute approximate surface area is 148 Å². The Morgan fingerprint density at radius 2 is 1.78 bits per heavy atom. The van der Waals surface area contributed by atoms with E-state index in [0.717, 1.165) is 32.7 Å². The molecular formula is C17H14Cl2N2OS. The van der Waals surface area contributed by atoms with E-state index in [-0.39, 0.29) is 0 Å². The van der Waals surface area contributed by atoms with Crippen LogP contribution in [0.2, 0.25) is 10.0 Å². The number of hydrogen-bond donors (Lipinski definition) is 1. The second kappa shape index (κ2) is 6.79. The van der Waals surface area contributed by atoms with Crippen LogP contribution in [0.25, 0.3) is 11.3 Å². The van der Waals surface area contributed by atoms with Gasteiger partial charge in [0.2, 0.25) is 0 Å². The summed E-state index contributed by atoms with van der Waals surface area (Å²) in [7, 11) is 1.65. The third-order valence-corrected chi connectivity index (χ3v) is 4.96. The molecule has 0 fully saturated rings. The van der Waals surface area contributed by atoms with E-state index in [1.54, 1.807) is 24.5 Å². The molecule has 6 heteroatoms. The zero-order valence-corrected chi connectivity index (χ0v) is 14.9. The monoisotopic (exact) mass is 364 g/mol. The van der Waals surface area contributed by atoms with Crippen molar-refractivity contribution in [1.29, 1.82) is 0 Å². The van der Waals surface area contributed by atoms with Crippen LogP contribution in [0.5, 0.6) is 5.75 Å². The molecule has 0 spiro atoms. The third-order valence-electron chi connectivity index (χ3n) is 3.33. The van der Waals surface area contributed by atoms with E-state index < -0.39 is 0 Å². The van der Waals surface area contributed by atoms with Crippen molar-refractivity contribution in [3.63, 3.8) is 0 Å². The van der Waals surface area contributed by atoms with Crippen LogP contribution in [0, 0.1) is 6.92 Å². The van der Waals surface area contributed by atoms with E-state index in [0.29, 0.717) is 10.0 Å². The van der Waals surface area contributed by atoms with Crippen molar-refractivity contribution in [2.24, 2.45) is 0 Å². The second-order valence-corrected chi connectivity index (χ2v) is 6.92. The smallest absolute Gasteiger partial charge is 0.187 e. The fourth-order valence-corrected chi connectivity index (χ4v) is 3.31. The Kier molecular flexibility index (Phi) is 4.76. The summed E-state index contributed by atoms with van der Waals surface area (Å²) in [6, 6.07) is 13.3. The number of nitrogens with zero attached hydrogens (tertiary/aromatic N) is 1. The number of methoxy groups -OCH3 is 1. The van der Waals surface area contributed by atoms with Crippen molar-refractivity contribution in [3.8, 4) is 17.0 Å². The molecule has 0 bridgehead atoms. The highest BCUT2D eigenvalue weighted by Crippen LogP contribution is 2.34. The highest BCUT2D eigenvalue weighted by molar-refractivity contribution is 7.16. The maximum absolute atomic E-state index is 6.10.